The minimum Gasteiger partial charge on any atom is -0.493 e. The molecule has 4 nitrogen and oxygen atoms in total. The van der Waals surface area contributed by atoms with Gasteiger partial charge in [-0.15, -0.1) is 0 Å². The van der Waals surface area contributed by atoms with E-state index in [1.54, 1.807) is 0 Å². The first-order chi connectivity index (χ1) is 17.9. The Morgan fingerprint density at radius 1 is 0.389 bits per heavy atom. The highest BCUT2D eigenvalue weighted by atomic mass is 16.5. The average Bonchev–Trinajstić information content (AvgIpc) is 2.91. The second-order valence-corrected chi connectivity index (χ2v) is 9.83. The fraction of sp³-hybridized carbons (Fsp3) is 0.625. The van der Waals surface area contributed by atoms with Crippen LogP contribution in [0, 0.1) is 0 Å². The van der Waals surface area contributed by atoms with E-state index in [-0.39, 0.29) is 0 Å². The molecule has 0 atom stereocenters. The Bertz CT molecular complexity index is 739. The lowest BCUT2D eigenvalue weighted by Gasteiger charge is -2.15. The topological polar surface area (TPSA) is 36.9 Å². The van der Waals surface area contributed by atoms with Gasteiger partial charge in [-0.25, -0.2) is 0 Å². The van der Waals surface area contributed by atoms with Crippen LogP contribution in [-0.2, 0) is 20.6 Å². The van der Waals surface area contributed by atoms with Gasteiger partial charge in [-0.3, -0.25) is 0 Å². The van der Waals surface area contributed by atoms with Gasteiger partial charge in [0, 0.05) is 38.6 Å². The normalized spacial score (nSPS) is 19.6. The third kappa shape index (κ3) is 11.9. The molecule has 0 unspecified atom stereocenters. The zero-order valence-electron chi connectivity index (χ0n) is 22.4. The minimum atomic E-state index is 0.757. The van der Waals surface area contributed by atoms with Crippen LogP contribution in [0.15, 0.2) is 48.5 Å². The largest absolute Gasteiger partial charge is 0.493 e. The Kier molecular flexibility index (Phi) is 15.3. The predicted molar refractivity (Wildman–Crippen MR) is 149 cm³/mol. The van der Waals surface area contributed by atoms with Gasteiger partial charge in [-0.1, -0.05) is 74.6 Å². The maximum Gasteiger partial charge on any atom is 0.127 e. The number of ether oxygens (including phenoxy) is 4. The Morgan fingerprint density at radius 3 is 1.42 bits per heavy atom. The molecule has 0 bridgehead atoms. The van der Waals surface area contributed by atoms with Gasteiger partial charge in [-0.2, -0.15) is 0 Å². The van der Waals surface area contributed by atoms with Gasteiger partial charge in [-0.05, 0) is 68.6 Å². The van der Waals surface area contributed by atoms with Crippen molar-refractivity contribution in [3.63, 3.8) is 0 Å². The first kappa shape index (κ1) is 28.7. The van der Waals surface area contributed by atoms with E-state index in [0.29, 0.717) is 0 Å². The fourth-order valence-corrected chi connectivity index (χ4v) is 4.67. The highest BCUT2D eigenvalue weighted by Gasteiger charge is 2.10. The molecule has 0 aromatic heterocycles. The van der Waals surface area contributed by atoms with Crippen LogP contribution in [0.1, 0.15) is 82.6 Å². The molecule has 200 valence electrons. The lowest BCUT2D eigenvalue weighted by atomic mass is 9.97. The van der Waals surface area contributed by atoms with Crippen LogP contribution in [0.4, 0.5) is 0 Å². The van der Waals surface area contributed by atoms with Crippen LogP contribution in [-0.4, -0.2) is 46.2 Å². The smallest absolute Gasteiger partial charge is 0.127 e. The molecule has 0 radical (unpaired) electrons. The molecule has 36 heavy (non-hydrogen) atoms. The zero-order valence-corrected chi connectivity index (χ0v) is 22.4. The van der Waals surface area contributed by atoms with Crippen molar-refractivity contribution in [2.24, 2.45) is 0 Å². The molecule has 0 saturated heterocycles. The summed E-state index contributed by atoms with van der Waals surface area (Å²) in [7, 11) is 0. The maximum atomic E-state index is 6.25. The first-order valence-electron chi connectivity index (χ1n) is 14.5. The summed E-state index contributed by atoms with van der Waals surface area (Å²) in [5.74, 6) is 0.978. The summed E-state index contributed by atoms with van der Waals surface area (Å²) >= 11 is 0. The SMILES string of the molecule is c1ccc2c(c1)CCOCCCCCCOCCCCCCOCCCCCCOc1ccccc1-2. The van der Waals surface area contributed by atoms with E-state index < -0.39 is 0 Å². The van der Waals surface area contributed by atoms with Crippen molar-refractivity contribution in [1.29, 1.82) is 0 Å². The molecule has 0 fully saturated rings. The van der Waals surface area contributed by atoms with Crippen LogP contribution in [0.2, 0.25) is 0 Å². The molecule has 0 amide bonds. The Morgan fingerprint density at radius 2 is 0.833 bits per heavy atom. The van der Waals surface area contributed by atoms with Crippen molar-refractivity contribution in [3.8, 4) is 16.9 Å². The van der Waals surface area contributed by atoms with Gasteiger partial charge in [0.1, 0.15) is 5.75 Å². The molecular weight excluding hydrogens is 448 g/mol. The highest BCUT2D eigenvalue weighted by molar-refractivity contribution is 5.73. The van der Waals surface area contributed by atoms with Crippen molar-refractivity contribution >= 4 is 0 Å². The summed E-state index contributed by atoms with van der Waals surface area (Å²) < 4.78 is 23.9. The summed E-state index contributed by atoms with van der Waals surface area (Å²) in [6, 6.07) is 17.1. The molecule has 3 rings (SSSR count). The highest BCUT2D eigenvalue weighted by Crippen LogP contribution is 2.32. The zero-order chi connectivity index (χ0) is 24.9. The van der Waals surface area contributed by atoms with Crippen LogP contribution in [0.5, 0.6) is 5.75 Å². The van der Waals surface area contributed by atoms with Gasteiger partial charge in [0.15, 0.2) is 0 Å². The Labute approximate surface area is 219 Å². The quantitative estimate of drug-likeness (QED) is 0.370. The van der Waals surface area contributed by atoms with Crippen LogP contribution in [0.25, 0.3) is 11.1 Å². The monoisotopic (exact) mass is 496 g/mol. The van der Waals surface area contributed by atoms with Crippen molar-refractivity contribution < 1.29 is 18.9 Å². The molecule has 0 saturated carbocycles. The van der Waals surface area contributed by atoms with Gasteiger partial charge in [0.2, 0.25) is 0 Å². The van der Waals surface area contributed by atoms with E-state index in [4.69, 9.17) is 18.9 Å². The van der Waals surface area contributed by atoms with Crippen molar-refractivity contribution in [1.82, 2.24) is 0 Å². The van der Waals surface area contributed by atoms with E-state index in [9.17, 15) is 0 Å². The second-order valence-electron chi connectivity index (χ2n) is 9.83. The molecular formula is C32H48O4. The number of benzene rings is 2. The molecule has 4 heteroatoms. The minimum absolute atomic E-state index is 0.757. The standard InChI is InChI=1S/C32H48O4/c1-2-12-23-34-25-14-5-6-16-27-36-32-20-10-9-19-31(32)30-18-8-7-17-29(30)21-28-35-26-15-4-3-13-24-33-22-11-1/h7-10,17-20H,1-6,11-16,21-28H2. The third-order valence-electron chi connectivity index (χ3n) is 6.81. The van der Waals surface area contributed by atoms with E-state index in [2.05, 4.69) is 48.5 Å². The molecule has 1 heterocycles. The molecule has 1 aliphatic heterocycles. The first-order valence-corrected chi connectivity index (χ1v) is 14.5. The lowest BCUT2D eigenvalue weighted by molar-refractivity contribution is 0.115. The van der Waals surface area contributed by atoms with Gasteiger partial charge < -0.3 is 18.9 Å². The molecule has 0 aliphatic carbocycles. The van der Waals surface area contributed by atoms with Crippen molar-refractivity contribution in [2.45, 2.75) is 83.5 Å². The number of para-hydroxylation sites is 1. The van der Waals surface area contributed by atoms with Gasteiger partial charge in [0.05, 0.1) is 13.2 Å². The van der Waals surface area contributed by atoms with Crippen molar-refractivity contribution in [2.75, 3.05) is 46.2 Å². The number of hydrogen-bond acceptors (Lipinski definition) is 4. The van der Waals surface area contributed by atoms with Crippen LogP contribution >= 0.6 is 0 Å². The predicted octanol–water partition coefficient (Wildman–Crippen LogP) is 8.02. The average molecular weight is 497 g/mol. The van der Waals surface area contributed by atoms with Crippen molar-refractivity contribution in [3.05, 3.63) is 54.1 Å². The molecule has 1 aliphatic rings. The lowest BCUT2D eigenvalue weighted by Crippen LogP contribution is -2.03. The summed E-state index contributed by atoms with van der Waals surface area (Å²) in [6.45, 7) is 5.93. The summed E-state index contributed by atoms with van der Waals surface area (Å²) in [6.07, 6.45) is 15.0. The maximum absolute atomic E-state index is 6.25. The Balaban J connectivity index is 1.49. The fourth-order valence-electron chi connectivity index (χ4n) is 4.67. The van der Waals surface area contributed by atoms with E-state index in [0.717, 1.165) is 84.1 Å². The molecule has 0 N–H and O–H groups in total. The van der Waals surface area contributed by atoms with Gasteiger partial charge >= 0.3 is 0 Å². The van der Waals surface area contributed by atoms with E-state index in [1.807, 2.05) is 0 Å². The second kappa shape index (κ2) is 19.3. The number of fused-ring (bicyclic) bond motifs is 3. The summed E-state index contributed by atoms with van der Waals surface area (Å²) in [5.41, 5.74) is 3.75. The molecule has 2 aromatic carbocycles. The number of hydrogen-bond donors (Lipinski definition) is 0. The summed E-state index contributed by atoms with van der Waals surface area (Å²) in [4.78, 5) is 0. The number of rotatable bonds is 0. The summed E-state index contributed by atoms with van der Waals surface area (Å²) in [5, 5.41) is 0. The van der Waals surface area contributed by atoms with E-state index >= 15 is 0 Å². The molecule has 0 spiro atoms. The van der Waals surface area contributed by atoms with Gasteiger partial charge in [0.25, 0.3) is 0 Å². The van der Waals surface area contributed by atoms with Crippen LogP contribution < -0.4 is 4.74 Å². The van der Waals surface area contributed by atoms with Crippen LogP contribution in [0.3, 0.4) is 0 Å². The van der Waals surface area contributed by atoms with E-state index in [1.165, 1.54) is 68.1 Å². The molecule has 2 aromatic rings. The third-order valence-corrected chi connectivity index (χ3v) is 6.81. The Hall–Kier alpha value is -1.88.